The molecule has 0 bridgehead atoms. The maximum absolute atomic E-state index is 4.40. The van der Waals surface area contributed by atoms with Gasteiger partial charge >= 0.3 is 0 Å². The number of likely N-dealkylation sites (N-methyl/N-ethyl adjacent to an activating group) is 1. The molecule has 1 aromatic heterocycles. The first-order valence-corrected chi connectivity index (χ1v) is 6.72. The zero-order chi connectivity index (χ0) is 13.9. The van der Waals surface area contributed by atoms with E-state index in [-0.39, 0.29) is 0 Å². The van der Waals surface area contributed by atoms with Gasteiger partial charge in [-0.2, -0.15) is 5.10 Å². The Morgan fingerprint density at radius 3 is 2.33 bits per heavy atom. The van der Waals surface area contributed by atoms with Crippen LogP contribution in [0.5, 0.6) is 0 Å². The molecule has 1 rings (SSSR count). The standard InChI is InChI=1S/C14H28N4/c1-10(2)14(17(5)6)8-15-11(3)13-9-18(7)16-12(13)4/h9-11,14-15H,8H2,1-7H3. The highest BCUT2D eigenvalue weighted by Crippen LogP contribution is 2.16. The highest BCUT2D eigenvalue weighted by atomic mass is 15.3. The van der Waals surface area contributed by atoms with Crippen molar-refractivity contribution in [2.75, 3.05) is 20.6 Å². The Hall–Kier alpha value is -0.870. The number of hydrogen-bond acceptors (Lipinski definition) is 3. The molecule has 0 aliphatic rings. The Kier molecular flexibility index (Phi) is 5.35. The van der Waals surface area contributed by atoms with Crippen LogP contribution < -0.4 is 5.32 Å². The van der Waals surface area contributed by atoms with Gasteiger partial charge in [0, 0.05) is 37.4 Å². The number of aryl methyl sites for hydroxylation is 2. The van der Waals surface area contributed by atoms with Crippen molar-refractivity contribution in [1.29, 1.82) is 0 Å². The molecular weight excluding hydrogens is 224 g/mol. The SMILES string of the molecule is Cc1nn(C)cc1C(C)NCC(C(C)C)N(C)C. The summed E-state index contributed by atoms with van der Waals surface area (Å²) in [6, 6.07) is 0.907. The number of aromatic nitrogens is 2. The average Bonchev–Trinajstić information content (AvgIpc) is 2.56. The van der Waals surface area contributed by atoms with Gasteiger partial charge in [0.25, 0.3) is 0 Å². The van der Waals surface area contributed by atoms with Gasteiger partial charge in [-0.05, 0) is 33.9 Å². The van der Waals surface area contributed by atoms with Gasteiger partial charge < -0.3 is 10.2 Å². The van der Waals surface area contributed by atoms with E-state index in [1.807, 2.05) is 11.7 Å². The molecule has 0 aliphatic carbocycles. The number of hydrogen-bond donors (Lipinski definition) is 1. The lowest BCUT2D eigenvalue weighted by Gasteiger charge is -2.29. The van der Waals surface area contributed by atoms with Crippen molar-refractivity contribution in [1.82, 2.24) is 20.0 Å². The van der Waals surface area contributed by atoms with E-state index >= 15 is 0 Å². The van der Waals surface area contributed by atoms with Gasteiger partial charge in [-0.25, -0.2) is 0 Å². The zero-order valence-electron chi connectivity index (χ0n) is 12.9. The minimum absolute atomic E-state index is 0.347. The summed E-state index contributed by atoms with van der Waals surface area (Å²) in [4.78, 5) is 2.29. The molecule has 2 atom stereocenters. The fourth-order valence-corrected chi connectivity index (χ4v) is 2.47. The lowest BCUT2D eigenvalue weighted by Crippen LogP contribution is -2.42. The zero-order valence-corrected chi connectivity index (χ0v) is 12.9. The molecule has 0 spiro atoms. The van der Waals surface area contributed by atoms with Crippen molar-refractivity contribution < 1.29 is 0 Å². The molecule has 0 aliphatic heterocycles. The third-order valence-electron chi connectivity index (χ3n) is 3.58. The summed E-state index contributed by atoms with van der Waals surface area (Å²) in [7, 11) is 6.26. The summed E-state index contributed by atoms with van der Waals surface area (Å²) in [6.45, 7) is 9.81. The smallest absolute Gasteiger partial charge is 0.0641 e. The van der Waals surface area contributed by atoms with Crippen LogP contribution in [0.4, 0.5) is 0 Å². The van der Waals surface area contributed by atoms with Crippen LogP contribution in [0.25, 0.3) is 0 Å². The summed E-state index contributed by atoms with van der Waals surface area (Å²) in [6.07, 6.45) is 2.10. The Balaban J connectivity index is 2.60. The summed E-state index contributed by atoms with van der Waals surface area (Å²) in [5, 5.41) is 8.02. The molecule has 0 saturated heterocycles. The van der Waals surface area contributed by atoms with Gasteiger partial charge in [-0.1, -0.05) is 13.8 Å². The molecular formula is C14H28N4. The number of nitrogens with zero attached hydrogens (tertiary/aromatic N) is 3. The molecule has 0 saturated carbocycles. The van der Waals surface area contributed by atoms with Crippen molar-refractivity contribution in [2.45, 2.75) is 39.8 Å². The van der Waals surface area contributed by atoms with Gasteiger partial charge in [0.05, 0.1) is 5.69 Å². The van der Waals surface area contributed by atoms with Crippen LogP contribution >= 0.6 is 0 Å². The van der Waals surface area contributed by atoms with Crippen molar-refractivity contribution in [3.05, 3.63) is 17.5 Å². The first-order valence-electron chi connectivity index (χ1n) is 6.72. The van der Waals surface area contributed by atoms with Crippen LogP contribution in [0, 0.1) is 12.8 Å². The molecule has 1 N–H and O–H groups in total. The van der Waals surface area contributed by atoms with Crippen molar-refractivity contribution in [2.24, 2.45) is 13.0 Å². The van der Waals surface area contributed by atoms with Crippen molar-refractivity contribution >= 4 is 0 Å². The molecule has 1 heterocycles. The molecule has 0 aromatic carbocycles. The quantitative estimate of drug-likeness (QED) is 0.840. The normalized spacial score (nSPS) is 15.4. The molecule has 1 aromatic rings. The molecule has 0 amide bonds. The third kappa shape index (κ3) is 3.82. The summed E-state index contributed by atoms with van der Waals surface area (Å²) in [5.74, 6) is 0.648. The van der Waals surface area contributed by atoms with E-state index in [0.717, 1.165) is 12.2 Å². The van der Waals surface area contributed by atoms with Crippen molar-refractivity contribution in [3.8, 4) is 0 Å². The van der Waals surface area contributed by atoms with E-state index in [1.54, 1.807) is 0 Å². The van der Waals surface area contributed by atoms with Gasteiger partial charge in [0.15, 0.2) is 0 Å². The number of nitrogens with one attached hydrogen (secondary N) is 1. The van der Waals surface area contributed by atoms with Crippen LogP contribution in [0.1, 0.15) is 38.1 Å². The van der Waals surface area contributed by atoms with E-state index in [1.165, 1.54) is 5.56 Å². The summed E-state index contributed by atoms with van der Waals surface area (Å²) < 4.78 is 1.88. The first kappa shape index (κ1) is 15.2. The maximum atomic E-state index is 4.40. The van der Waals surface area contributed by atoms with E-state index in [2.05, 4.69) is 63.3 Å². The average molecular weight is 252 g/mol. The Morgan fingerprint density at radius 1 is 1.33 bits per heavy atom. The fraction of sp³-hybridized carbons (Fsp3) is 0.786. The number of rotatable bonds is 6. The Morgan fingerprint density at radius 2 is 1.94 bits per heavy atom. The molecule has 2 unspecified atom stereocenters. The third-order valence-corrected chi connectivity index (χ3v) is 3.58. The minimum atomic E-state index is 0.347. The fourth-order valence-electron chi connectivity index (χ4n) is 2.47. The van der Waals surface area contributed by atoms with Gasteiger partial charge in [-0.15, -0.1) is 0 Å². The van der Waals surface area contributed by atoms with Crippen LogP contribution in [0.2, 0.25) is 0 Å². The van der Waals surface area contributed by atoms with E-state index < -0.39 is 0 Å². The van der Waals surface area contributed by atoms with Gasteiger partial charge in [0.1, 0.15) is 0 Å². The largest absolute Gasteiger partial charge is 0.309 e. The van der Waals surface area contributed by atoms with Crippen LogP contribution in [0.3, 0.4) is 0 Å². The molecule has 104 valence electrons. The van der Waals surface area contributed by atoms with Gasteiger partial charge in [0.2, 0.25) is 0 Å². The second kappa shape index (κ2) is 6.34. The molecule has 18 heavy (non-hydrogen) atoms. The molecule has 4 heteroatoms. The maximum Gasteiger partial charge on any atom is 0.0641 e. The first-order chi connectivity index (χ1) is 8.32. The van der Waals surface area contributed by atoms with Crippen LogP contribution in [0.15, 0.2) is 6.20 Å². The van der Waals surface area contributed by atoms with Crippen LogP contribution in [-0.4, -0.2) is 41.4 Å². The minimum Gasteiger partial charge on any atom is -0.309 e. The van der Waals surface area contributed by atoms with E-state index in [0.29, 0.717) is 18.0 Å². The van der Waals surface area contributed by atoms with E-state index in [4.69, 9.17) is 0 Å². The monoisotopic (exact) mass is 252 g/mol. The Bertz CT molecular complexity index is 360. The second-order valence-electron chi connectivity index (χ2n) is 5.75. The summed E-state index contributed by atoms with van der Waals surface area (Å²) in [5.41, 5.74) is 2.40. The second-order valence-corrected chi connectivity index (χ2v) is 5.75. The molecule has 0 fully saturated rings. The van der Waals surface area contributed by atoms with Gasteiger partial charge in [-0.3, -0.25) is 4.68 Å². The Labute approximate surface area is 111 Å². The summed E-state index contributed by atoms with van der Waals surface area (Å²) >= 11 is 0. The lowest BCUT2D eigenvalue weighted by molar-refractivity contribution is 0.220. The highest BCUT2D eigenvalue weighted by molar-refractivity contribution is 5.19. The van der Waals surface area contributed by atoms with Crippen molar-refractivity contribution in [3.63, 3.8) is 0 Å². The molecule has 4 nitrogen and oxygen atoms in total. The highest BCUT2D eigenvalue weighted by Gasteiger charge is 2.18. The predicted molar refractivity (Wildman–Crippen MR) is 76.7 cm³/mol. The molecule has 0 radical (unpaired) electrons. The van der Waals surface area contributed by atoms with Crippen LogP contribution in [-0.2, 0) is 7.05 Å². The topological polar surface area (TPSA) is 33.1 Å². The predicted octanol–water partition coefficient (Wildman–Crippen LogP) is 1.97. The lowest BCUT2D eigenvalue weighted by atomic mass is 10.0. The van der Waals surface area contributed by atoms with E-state index in [9.17, 15) is 0 Å².